The van der Waals surface area contributed by atoms with E-state index in [0.29, 0.717) is 6.54 Å². The van der Waals surface area contributed by atoms with Gasteiger partial charge in [0.15, 0.2) is 0 Å². The fraction of sp³-hybridized carbons (Fsp3) is 0.333. The number of allylic oxidation sites excluding steroid dienone is 1. The van der Waals surface area contributed by atoms with E-state index in [4.69, 9.17) is 11.1 Å². The monoisotopic (exact) mass is 392 g/mol. The van der Waals surface area contributed by atoms with Crippen LogP contribution in [0.2, 0.25) is 0 Å². The van der Waals surface area contributed by atoms with Gasteiger partial charge in [0.2, 0.25) is 5.91 Å². The summed E-state index contributed by atoms with van der Waals surface area (Å²) in [6, 6.07) is 16.5. The summed E-state index contributed by atoms with van der Waals surface area (Å²) in [6.45, 7) is 11.0. The molecule has 1 heterocycles. The normalized spacial score (nSPS) is 14.5. The Labute approximate surface area is 174 Å². The first-order chi connectivity index (χ1) is 14.0. The molecule has 1 aliphatic rings. The van der Waals surface area contributed by atoms with E-state index in [1.165, 1.54) is 22.9 Å². The number of nitrogens with two attached hydrogens (primary N) is 1. The summed E-state index contributed by atoms with van der Waals surface area (Å²) in [6.07, 6.45) is 4.16. The van der Waals surface area contributed by atoms with E-state index < -0.39 is 0 Å². The van der Waals surface area contributed by atoms with Gasteiger partial charge in [-0.05, 0) is 35.6 Å². The van der Waals surface area contributed by atoms with Crippen LogP contribution in [0.1, 0.15) is 22.3 Å². The zero-order chi connectivity index (χ0) is 21.1. The van der Waals surface area contributed by atoms with Crippen LogP contribution in [0.4, 0.5) is 0 Å². The van der Waals surface area contributed by atoms with Crippen molar-refractivity contribution in [3.05, 3.63) is 83.4 Å². The van der Waals surface area contributed by atoms with Crippen molar-refractivity contribution in [3.63, 3.8) is 0 Å². The van der Waals surface area contributed by atoms with E-state index in [0.717, 1.165) is 44.7 Å². The highest BCUT2D eigenvalue weighted by Gasteiger charge is 2.17. The molecule has 0 unspecified atom stereocenters. The summed E-state index contributed by atoms with van der Waals surface area (Å²) in [7, 11) is 0. The summed E-state index contributed by atoms with van der Waals surface area (Å²) in [5, 5.41) is 7.16. The summed E-state index contributed by atoms with van der Waals surface area (Å²) in [5.41, 5.74) is 9.97. The Morgan fingerprint density at radius 3 is 2.31 bits per heavy atom. The molecule has 0 atom stereocenters. The maximum Gasteiger partial charge on any atom is 0.231 e. The van der Waals surface area contributed by atoms with E-state index in [1.807, 2.05) is 31.2 Å². The molecular weight excluding hydrogens is 360 g/mol. The standard InChI is InChI=1S/C13H19N3O.C11H13N/c14-13(17)11-16-8-6-15(7-9-16)10-12-4-2-1-3-5-12;1-3-5-10-6-4-7-11(8-12)9(10)2/h1-5H,6-11H2,(H2,14,17);3-4,6-8,12H,1,5H2,2H3. The number of carbonyl (C=O) groups is 1. The smallest absolute Gasteiger partial charge is 0.231 e. The van der Waals surface area contributed by atoms with E-state index in [2.05, 4.69) is 46.7 Å². The molecule has 1 aliphatic heterocycles. The van der Waals surface area contributed by atoms with E-state index in [-0.39, 0.29) is 5.91 Å². The number of rotatable bonds is 7. The highest BCUT2D eigenvalue weighted by atomic mass is 16.1. The lowest BCUT2D eigenvalue weighted by molar-refractivity contribution is -0.119. The van der Waals surface area contributed by atoms with Crippen LogP contribution in [0.3, 0.4) is 0 Å². The first-order valence-electron chi connectivity index (χ1n) is 10.00. The first-order valence-corrected chi connectivity index (χ1v) is 10.00. The second kappa shape index (κ2) is 11.9. The van der Waals surface area contributed by atoms with Crippen molar-refractivity contribution < 1.29 is 4.79 Å². The molecule has 5 nitrogen and oxygen atoms in total. The molecule has 3 N–H and O–H groups in total. The number of nitrogens with zero attached hydrogens (tertiary/aromatic N) is 2. The lowest BCUT2D eigenvalue weighted by Crippen LogP contribution is -2.48. The number of amides is 1. The van der Waals surface area contributed by atoms with Gasteiger partial charge in [-0.3, -0.25) is 14.6 Å². The van der Waals surface area contributed by atoms with Crippen molar-refractivity contribution in [3.8, 4) is 0 Å². The minimum atomic E-state index is -0.235. The molecule has 2 aromatic rings. The third-order valence-electron chi connectivity index (χ3n) is 5.10. The largest absolute Gasteiger partial charge is 0.369 e. The summed E-state index contributed by atoms with van der Waals surface area (Å²) < 4.78 is 0. The zero-order valence-electron chi connectivity index (χ0n) is 17.3. The van der Waals surface area contributed by atoms with Gasteiger partial charge in [0.25, 0.3) is 0 Å². The van der Waals surface area contributed by atoms with Gasteiger partial charge in [0.05, 0.1) is 6.54 Å². The minimum absolute atomic E-state index is 0.235. The summed E-state index contributed by atoms with van der Waals surface area (Å²) in [5.74, 6) is -0.235. The van der Waals surface area contributed by atoms with Gasteiger partial charge in [0, 0.05) is 38.9 Å². The Kier molecular flexibility index (Phi) is 9.28. The molecule has 5 heteroatoms. The van der Waals surface area contributed by atoms with Crippen LogP contribution in [-0.2, 0) is 17.8 Å². The molecule has 1 amide bonds. The molecule has 2 aromatic carbocycles. The molecule has 1 saturated heterocycles. The Bertz CT molecular complexity index is 796. The number of carbonyl (C=O) groups excluding carboxylic acids is 1. The molecule has 0 saturated carbocycles. The van der Waals surface area contributed by atoms with Gasteiger partial charge in [-0.15, -0.1) is 6.58 Å². The molecule has 3 rings (SSSR count). The Balaban J connectivity index is 0.000000221. The van der Waals surface area contributed by atoms with E-state index >= 15 is 0 Å². The van der Waals surface area contributed by atoms with Gasteiger partial charge in [-0.1, -0.05) is 54.6 Å². The van der Waals surface area contributed by atoms with Crippen molar-refractivity contribution in [2.45, 2.75) is 19.9 Å². The van der Waals surface area contributed by atoms with Crippen LogP contribution in [0, 0.1) is 12.3 Å². The average Bonchev–Trinajstić information content (AvgIpc) is 2.72. The molecule has 0 bridgehead atoms. The number of hydrogen-bond acceptors (Lipinski definition) is 4. The Morgan fingerprint density at radius 2 is 1.72 bits per heavy atom. The number of piperazine rings is 1. The number of nitrogens with one attached hydrogen (secondary N) is 1. The quantitative estimate of drug-likeness (QED) is 0.562. The van der Waals surface area contributed by atoms with Gasteiger partial charge < -0.3 is 11.1 Å². The third kappa shape index (κ3) is 7.64. The lowest BCUT2D eigenvalue weighted by Gasteiger charge is -2.33. The molecule has 154 valence electrons. The predicted octanol–water partition coefficient (Wildman–Crippen LogP) is 3.01. The van der Waals surface area contributed by atoms with Crippen LogP contribution in [0.5, 0.6) is 0 Å². The van der Waals surface area contributed by atoms with Crippen molar-refractivity contribution in [1.29, 1.82) is 5.41 Å². The highest BCUT2D eigenvalue weighted by Crippen LogP contribution is 2.12. The van der Waals surface area contributed by atoms with Crippen molar-refractivity contribution in [2.75, 3.05) is 32.7 Å². The van der Waals surface area contributed by atoms with Crippen molar-refractivity contribution >= 4 is 12.1 Å². The summed E-state index contributed by atoms with van der Waals surface area (Å²) >= 11 is 0. The molecule has 29 heavy (non-hydrogen) atoms. The summed E-state index contributed by atoms with van der Waals surface area (Å²) in [4.78, 5) is 15.3. The fourth-order valence-corrected chi connectivity index (χ4v) is 3.40. The second-order valence-corrected chi connectivity index (χ2v) is 7.27. The SMILES string of the molecule is C=CCc1cccc(C=N)c1C.NC(=O)CN1CCN(Cc2ccccc2)CC1. The van der Waals surface area contributed by atoms with Crippen LogP contribution >= 0.6 is 0 Å². The van der Waals surface area contributed by atoms with Crippen molar-refractivity contribution in [1.82, 2.24) is 9.80 Å². The zero-order valence-corrected chi connectivity index (χ0v) is 17.3. The van der Waals surface area contributed by atoms with Gasteiger partial charge in [0.1, 0.15) is 0 Å². The minimum Gasteiger partial charge on any atom is -0.369 e. The number of hydrogen-bond donors (Lipinski definition) is 2. The maximum atomic E-state index is 10.8. The Morgan fingerprint density at radius 1 is 1.07 bits per heavy atom. The van der Waals surface area contributed by atoms with Crippen LogP contribution in [0.25, 0.3) is 0 Å². The van der Waals surface area contributed by atoms with Gasteiger partial charge in [-0.2, -0.15) is 0 Å². The maximum absolute atomic E-state index is 10.8. The average molecular weight is 393 g/mol. The molecule has 0 spiro atoms. The third-order valence-corrected chi connectivity index (χ3v) is 5.10. The Hall–Kier alpha value is -2.76. The molecule has 1 fully saturated rings. The molecule has 0 radical (unpaired) electrons. The lowest BCUT2D eigenvalue weighted by atomic mass is 10.0. The van der Waals surface area contributed by atoms with Crippen LogP contribution in [0.15, 0.2) is 61.2 Å². The number of benzene rings is 2. The topological polar surface area (TPSA) is 73.4 Å². The predicted molar refractivity (Wildman–Crippen MR) is 120 cm³/mol. The molecular formula is C24H32N4O. The first kappa shape index (κ1) is 22.5. The van der Waals surface area contributed by atoms with Gasteiger partial charge >= 0.3 is 0 Å². The number of primary amides is 1. The van der Waals surface area contributed by atoms with E-state index in [1.54, 1.807) is 0 Å². The van der Waals surface area contributed by atoms with E-state index in [9.17, 15) is 4.79 Å². The van der Waals surface area contributed by atoms with Crippen LogP contribution < -0.4 is 5.73 Å². The fourth-order valence-electron chi connectivity index (χ4n) is 3.40. The van der Waals surface area contributed by atoms with Crippen molar-refractivity contribution in [2.24, 2.45) is 5.73 Å². The highest BCUT2D eigenvalue weighted by molar-refractivity contribution is 5.79. The van der Waals surface area contributed by atoms with Crippen LogP contribution in [-0.4, -0.2) is 54.6 Å². The molecule has 0 aliphatic carbocycles. The molecule has 0 aromatic heterocycles. The second-order valence-electron chi connectivity index (χ2n) is 7.27. The van der Waals surface area contributed by atoms with Gasteiger partial charge in [-0.25, -0.2) is 0 Å².